The van der Waals surface area contributed by atoms with E-state index in [4.69, 9.17) is 86.4 Å². The molecule has 0 aromatic heterocycles. The highest BCUT2D eigenvalue weighted by atomic mass is 35.6. The van der Waals surface area contributed by atoms with Crippen molar-refractivity contribution in [1.82, 2.24) is 0 Å². The van der Waals surface area contributed by atoms with Crippen LogP contribution in [-0.4, -0.2) is 118 Å². The average molecular weight is 1310 g/mol. The van der Waals surface area contributed by atoms with Crippen molar-refractivity contribution in [2.45, 2.75) is 123 Å². The summed E-state index contributed by atoms with van der Waals surface area (Å²) in [6.45, 7) is 11.6. The number of aliphatic hydroxyl groups is 1. The van der Waals surface area contributed by atoms with Crippen molar-refractivity contribution < 1.29 is 103 Å². The monoisotopic (exact) mass is 1300 g/mol. The summed E-state index contributed by atoms with van der Waals surface area (Å²) in [6.07, 6.45) is 8.96. The van der Waals surface area contributed by atoms with Crippen molar-refractivity contribution in [3.8, 4) is 34.5 Å². The van der Waals surface area contributed by atoms with Gasteiger partial charge in [-0.25, -0.2) is 14.4 Å². The molecule has 3 aromatic carbocycles. The van der Waals surface area contributed by atoms with E-state index in [1.165, 1.54) is 28.4 Å². The van der Waals surface area contributed by atoms with Gasteiger partial charge in [-0.2, -0.15) is 0 Å². The number of hydrogen-bond donors (Lipinski definition) is 5. The van der Waals surface area contributed by atoms with Crippen LogP contribution in [0.3, 0.4) is 0 Å². The minimum atomic E-state index is -1.14. The van der Waals surface area contributed by atoms with Crippen LogP contribution in [0, 0.1) is 20.8 Å². The summed E-state index contributed by atoms with van der Waals surface area (Å²) in [5, 5.41) is 44.4. The lowest BCUT2D eigenvalue weighted by atomic mass is 9.94. The van der Waals surface area contributed by atoms with Crippen LogP contribution in [0.4, 0.5) is 4.39 Å². The number of alkyl halides is 4. The molecule has 0 saturated carbocycles. The van der Waals surface area contributed by atoms with Gasteiger partial charge in [0.2, 0.25) is 5.24 Å². The summed E-state index contributed by atoms with van der Waals surface area (Å²) in [4.78, 5) is 86.9. The molecule has 0 unspecified atom stereocenters. The van der Waals surface area contributed by atoms with Crippen molar-refractivity contribution in [1.29, 1.82) is 0 Å². The molecule has 0 amide bonds. The van der Waals surface area contributed by atoms with Gasteiger partial charge in [-0.3, -0.25) is 28.4 Å². The van der Waals surface area contributed by atoms with Gasteiger partial charge in [-0.05, 0) is 132 Å². The molecule has 6 rings (SSSR count). The molecule has 3 heterocycles. The number of phenols is 3. The third kappa shape index (κ3) is 23.3. The summed E-state index contributed by atoms with van der Waals surface area (Å²) < 4.78 is 50.6. The molecule has 3 aromatic rings. The predicted octanol–water partition coefficient (Wildman–Crippen LogP) is 11.7. The number of halogens is 7. The van der Waals surface area contributed by atoms with E-state index >= 15 is 0 Å². The Morgan fingerprint density at radius 1 is 0.560 bits per heavy atom. The molecule has 0 fully saturated rings. The highest BCUT2D eigenvalue weighted by Crippen LogP contribution is 2.45. The standard InChI is InChI=1S/C18H22O6.C17H19ClO5.C17H20O6.C2Cl2O2.CHCl3.CH3F.CH4O/c1-10(6-8-14(19)22-3)5-7-12-16(20)15-13(9-24-18(15)21)11(2)17(12)23-4;2*1-9(5-7-13(18)19)4-6-11-15(20)14-12(8-23-17(14)21)10(2)16(11)22-3;3-1(5)2(4)6;2-1(3)4;2*1-2/h5,20H,6-9H2,1-4H3;4,20H,5-8H2,1-3H3;4,20H,5-8H2,1-3H3,(H,18,19);;1H;1H3;2H,1H3/b10-5+;2*9-4+;;;;/i;;;;;1D;. The fourth-order valence-corrected chi connectivity index (χ4v) is 8.31. The maximum absolute atomic E-state index is 11.8. The lowest BCUT2D eigenvalue weighted by Crippen LogP contribution is -2.03. The topological polar surface area (TPSA) is 302 Å². The van der Waals surface area contributed by atoms with Crippen LogP contribution in [0.25, 0.3) is 0 Å². The second-order valence-corrected chi connectivity index (χ2v) is 20.7. The number of carboxylic acids is 1. The van der Waals surface area contributed by atoms with E-state index in [1.807, 2.05) is 59.8 Å². The van der Waals surface area contributed by atoms with Gasteiger partial charge in [-0.15, -0.1) is 0 Å². The van der Waals surface area contributed by atoms with Crippen LogP contribution in [0.2, 0.25) is 0 Å². The van der Waals surface area contributed by atoms with Gasteiger partial charge < -0.3 is 58.7 Å². The number of carbonyl (C=O) groups is 8. The molecule has 0 radical (unpaired) electrons. The molecule has 3 aliphatic rings. The van der Waals surface area contributed by atoms with Crippen molar-refractivity contribution >= 4 is 115 Å². The maximum Gasteiger partial charge on any atom is 0.342 e. The number of esters is 4. The molecule has 0 spiro atoms. The molecular formula is C57H69Cl6FO20. The highest BCUT2D eigenvalue weighted by molar-refractivity contribution is 6.97. The van der Waals surface area contributed by atoms with E-state index < -0.39 is 45.8 Å². The van der Waals surface area contributed by atoms with Crippen LogP contribution in [-0.2, 0) is 82.0 Å². The second kappa shape index (κ2) is 39.3. The van der Waals surface area contributed by atoms with Gasteiger partial charge in [-0.1, -0.05) is 69.8 Å². The molecule has 84 heavy (non-hydrogen) atoms. The summed E-state index contributed by atoms with van der Waals surface area (Å²) in [7, 11) is 5.92. The van der Waals surface area contributed by atoms with E-state index in [2.05, 4.69) is 27.9 Å². The van der Waals surface area contributed by atoms with Gasteiger partial charge in [0.05, 0.1) is 37.0 Å². The number of methoxy groups -OCH3 is 4. The summed E-state index contributed by atoms with van der Waals surface area (Å²) in [6, 6.07) is 0. The minimum Gasteiger partial charge on any atom is -0.507 e. The van der Waals surface area contributed by atoms with Gasteiger partial charge in [0, 0.05) is 59.8 Å². The number of hydrogen-bond acceptors (Lipinski definition) is 19. The molecule has 0 bridgehead atoms. The SMILES string of the molecule is CO.COC(=O)CC/C(C)=C/Cc1c(O)c2c(c(C)c1OC)COC2=O.COc1c(C)c2c(c(O)c1C/C=C(\C)CCC(=O)Cl)C(=O)OC2.COc1c(C)c2c(c(O)c1C/C=C(\C)CCC(=O)O)C(=O)OC2.ClC(Cl)Cl.O=C(Cl)C(=O)Cl.[2H]CF. The zero-order valence-corrected chi connectivity index (χ0v) is 52.5. The summed E-state index contributed by atoms with van der Waals surface area (Å²) >= 11 is 28.7. The first-order valence-corrected chi connectivity index (χ1v) is 27.2. The molecule has 0 atom stereocenters. The Labute approximate surface area is 517 Å². The van der Waals surface area contributed by atoms with E-state index in [-0.39, 0.29) is 77.8 Å². The third-order valence-corrected chi connectivity index (χ3v) is 13.1. The molecule has 466 valence electrons. The third-order valence-electron chi connectivity index (χ3n) is 12.5. The Balaban J connectivity index is 0.00000111. The van der Waals surface area contributed by atoms with Crippen molar-refractivity contribution in [2.24, 2.45) is 0 Å². The van der Waals surface area contributed by atoms with E-state index in [9.17, 15) is 58.1 Å². The first-order valence-electron chi connectivity index (χ1n) is 25.4. The first kappa shape index (κ1) is 75.7. The average Bonchev–Trinajstić information content (AvgIpc) is 2.61. The Hall–Kier alpha value is -6.33. The number of benzene rings is 3. The van der Waals surface area contributed by atoms with Gasteiger partial charge in [0.25, 0.3) is 0 Å². The van der Waals surface area contributed by atoms with Crippen molar-refractivity contribution in [2.75, 3.05) is 42.7 Å². The number of aliphatic hydroxyl groups excluding tert-OH is 1. The lowest BCUT2D eigenvalue weighted by molar-refractivity contribution is -0.140. The number of allylic oxidation sites excluding steroid dienone is 6. The summed E-state index contributed by atoms with van der Waals surface area (Å²) in [5.41, 5.74) is 9.47. The van der Waals surface area contributed by atoms with E-state index in [0.29, 0.717) is 95.6 Å². The molecule has 5 N–H and O–H groups in total. The smallest absolute Gasteiger partial charge is 0.342 e. The van der Waals surface area contributed by atoms with Crippen LogP contribution in [0.5, 0.6) is 34.5 Å². The van der Waals surface area contributed by atoms with Gasteiger partial charge >= 0.3 is 40.3 Å². The van der Waals surface area contributed by atoms with Crippen molar-refractivity contribution in [3.05, 3.63) is 102 Å². The van der Waals surface area contributed by atoms with E-state index in [1.54, 1.807) is 0 Å². The zero-order valence-electron chi connectivity index (χ0n) is 49.0. The number of rotatable bonds is 19. The Bertz CT molecular complexity index is 2840. The molecule has 20 nitrogen and oxygen atoms in total. The molecule has 0 aliphatic carbocycles. The fraction of sp³-hybridized carbons (Fsp3) is 0.439. The lowest BCUT2D eigenvalue weighted by Gasteiger charge is -2.15. The Morgan fingerprint density at radius 2 is 0.821 bits per heavy atom. The Kier molecular flexibility index (Phi) is 35.4. The quantitative estimate of drug-likeness (QED) is 0.0186. The number of fused-ring (bicyclic) bond motifs is 3. The molecule has 27 heteroatoms. The van der Waals surface area contributed by atoms with Crippen LogP contribution in [0.1, 0.15) is 142 Å². The highest BCUT2D eigenvalue weighted by Gasteiger charge is 2.34. The normalized spacial score (nSPS) is 12.6. The van der Waals surface area contributed by atoms with E-state index in [0.717, 1.165) is 40.5 Å². The molecule has 0 saturated heterocycles. The number of aromatic hydroxyl groups is 3. The zero-order chi connectivity index (χ0) is 65.6. The summed E-state index contributed by atoms with van der Waals surface area (Å²) in [5.74, 6) is -1.34. The molecular weight excluding hydrogens is 1240 g/mol. The largest absolute Gasteiger partial charge is 0.507 e. The number of cyclic esters (lactones) is 3. The molecule has 3 aliphatic heterocycles. The van der Waals surface area contributed by atoms with Gasteiger partial charge in [0.15, 0.2) is 4.30 Å². The van der Waals surface area contributed by atoms with Crippen LogP contribution >= 0.6 is 69.6 Å². The van der Waals surface area contributed by atoms with Crippen LogP contribution in [0.15, 0.2) is 34.9 Å². The predicted molar refractivity (Wildman–Crippen MR) is 314 cm³/mol. The maximum atomic E-state index is 11.8. The minimum absolute atomic E-state index is 0.0565. The number of carboxylic acid groups (broad SMARTS) is 1. The number of aliphatic carboxylic acids is 1. The van der Waals surface area contributed by atoms with Crippen molar-refractivity contribution in [3.63, 3.8) is 0 Å². The second-order valence-electron chi connectivity index (χ2n) is 17.6. The van der Waals surface area contributed by atoms with Gasteiger partial charge in [0.1, 0.15) is 71.0 Å². The van der Waals surface area contributed by atoms with Crippen LogP contribution < -0.4 is 14.2 Å². The Morgan fingerprint density at radius 3 is 1.05 bits per heavy atom. The number of phenolic OH excluding ortho intramolecular Hbond substituents is 3. The first-order chi connectivity index (χ1) is 39.9. The number of ether oxygens (including phenoxy) is 7. The number of carbonyl (C=O) groups excluding carboxylic acids is 7. The fourth-order valence-electron chi connectivity index (χ4n) is 8.22.